The number of hydrogen-bond donors (Lipinski definition) is 1. The molecule has 2 aromatic rings. The summed E-state index contributed by atoms with van der Waals surface area (Å²) >= 11 is 0. The van der Waals surface area contributed by atoms with E-state index >= 15 is 0 Å². The Kier molecular flexibility index (Phi) is 3.75. The monoisotopic (exact) mass is 249 g/mol. The lowest BCUT2D eigenvalue weighted by atomic mass is 10.1. The molecule has 0 heterocycles. The molecule has 2 aromatic carbocycles. The second-order valence-electron chi connectivity index (χ2n) is 3.99. The van der Waals surface area contributed by atoms with Crippen molar-refractivity contribution in [3.8, 4) is 11.8 Å². The summed E-state index contributed by atoms with van der Waals surface area (Å²) in [6.07, 6.45) is 3.05. The van der Waals surface area contributed by atoms with Gasteiger partial charge in [0.05, 0.1) is 11.6 Å². The van der Waals surface area contributed by atoms with Crippen LogP contribution >= 0.6 is 0 Å². The molecule has 0 saturated heterocycles. The summed E-state index contributed by atoms with van der Waals surface area (Å²) in [7, 11) is 0. The summed E-state index contributed by atoms with van der Waals surface area (Å²) in [6.45, 7) is 0. The second-order valence-corrected chi connectivity index (χ2v) is 3.99. The van der Waals surface area contributed by atoms with E-state index < -0.39 is 0 Å². The molecule has 0 saturated carbocycles. The van der Waals surface area contributed by atoms with Crippen molar-refractivity contribution in [2.24, 2.45) is 0 Å². The van der Waals surface area contributed by atoms with Crippen LogP contribution in [0.3, 0.4) is 0 Å². The van der Waals surface area contributed by atoms with Crippen molar-refractivity contribution in [2.75, 3.05) is 0 Å². The van der Waals surface area contributed by atoms with Gasteiger partial charge in [-0.3, -0.25) is 4.79 Å². The first-order valence-electron chi connectivity index (χ1n) is 5.70. The lowest BCUT2D eigenvalue weighted by Gasteiger charge is -1.97. The minimum Gasteiger partial charge on any atom is -0.508 e. The maximum absolute atomic E-state index is 11.9. The molecule has 0 bridgehead atoms. The van der Waals surface area contributed by atoms with Gasteiger partial charge in [0, 0.05) is 5.56 Å². The van der Waals surface area contributed by atoms with Gasteiger partial charge in [0.2, 0.25) is 0 Å². The highest BCUT2D eigenvalue weighted by atomic mass is 16.3. The highest BCUT2D eigenvalue weighted by molar-refractivity contribution is 6.07. The molecule has 3 heteroatoms. The molecule has 0 aliphatic rings. The zero-order valence-corrected chi connectivity index (χ0v) is 10.1. The summed E-state index contributed by atoms with van der Waals surface area (Å²) in [5.41, 5.74) is 1.66. The summed E-state index contributed by atoms with van der Waals surface area (Å²) in [6, 6.07) is 15.2. The van der Waals surface area contributed by atoms with E-state index in [-0.39, 0.29) is 11.5 Å². The minimum atomic E-state index is -0.180. The predicted molar refractivity (Wildman–Crippen MR) is 72.6 cm³/mol. The molecule has 19 heavy (non-hydrogen) atoms. The number of phenolic OH excluding ortho intramolecular Hbond substituents is 1. The van der Waals surface area contributed by atoms with Crippen LogP contribution in [0.25, 0.3) is 6.08 Å². The first-order valence-corrected chi connectivity index (χ1v) is 5.70. The molecule has 2 rings (SSSR count). The van der Waals surface area contributed by atoms with Gasteiger partial charge in [-0.05, 0) is 35.9 Å². The van der Waals surface area contributed by atoms with E-state index in [1.54, 1.807) is 54.6 Å². The van der Waals surface area contributed by atoms with Gasteiger partial charge in [0.1, 0.15) is 5.75 Å². The number of aromatic hydroxyl groups is 1. The Labute approximate surface area is 111 Å². The fraction of sp³-hybridized carbons (Fsp3) is 0. The Morgan fingerprint density at radius 2 is 1.95 bits per heavy atom. The zero-order chi connectivity index (χ0) is 13.7. The van der Waals surface area contributed by atoms with Gasteiger partial charge in [0.15, 0.2) is 5.78 Å². The third kappa shape index (κ3) is 3.30. The molecule has 1 N–H and O–H groups in total. The highest BCUT2D eigenvalue weighted by Crippen LogP contribution is 2.13. The number of phenols is 1. The molecule has 0 amide bonds. The summed E-state index contributed by atoms with van der Waals surface area (Å²) < 4.78 is 0. The number of nitrogens with zero attached hydrogens (tertiary/aromatic N) is 1. The van der Waals surface area contributed by atoms with Crippen LogP contribution in [0.1, 0.15) is 21.5 Å². The van der Waals surface area contributed by atoms with Crippen LogP contribution in [0.4, 0.5) is 0 Å². The van der Waals surface area contributed by atoms with E-state index in [4.69, 9.17) is 5.26 Å². The van der Waals surface area contributed by atoms with E-state index in [9.17, 15) is 9.90 Å². The number of ketones is 1. The van der Waals surface area contributed by atoms with Gasteiger partial charge in [-0.1, -0.05) is 30.3 Å². The molecule has 3 nitrogen and oxygen atoms in total. The number of benzene rings is 2. The molecule has 0 fully saturated rings. The molecule has 0 unspecified atom stereocenters. The molecule has 0 spiro atoms. The number of hydrogen-bond acceptors (Lipinski definition) is 3. The maximum atomic E-state index is 11.9. The van der Waals surface area contributed by atoms with Gasteiger partial charge in [0.25, 0.3) is 0 Å². The average Bonchev–Trinajstić information content (AvgIpc) is 2.45. The van der Waals surface area contributed by atoms with Crippen LogP contribution in [0.15, 0.2) is 54.6 Å². The van der Waals surface area contributed by atoms with Crippen LogP contribution in [0.5, 0.6) is 5.75 Å². The number of carbonyl (C=O) groups is 1. The SMILES string of the molecule is N#Cc1cccc(C(=O)/C=C\c2cccc(O)c2)c1. The summed E-state index contributed by atoms with van der Waals surface area (Å²) in [5.74, 6) is -0.0264. The lowest BCUT2D eigenvalue weighted by Crippen LogP contribution is -1.94. The van der Waals surface area contributed by atoms with E-state index in [1.807, 2.05) is 6.07 Å². The van der Waals surface area contributed by atoms with Crippen molar-refractivity contribution in [3.63, 3.8) is 0 Å². The Morgan fingerprint density at radius 1 is 1.16 bits per heavy atom. The fourth-order valence-electron chi connectivity index (χ4n) is 1.64. The van der Waals surface area contributed by atoms with Crippen LogP contribution < -0.4 is 0 Å². The molecular weight excluding hydrogens is 238 g/mol. The largest absolute Gasteiger partial charge is 0.508 e. The van der Waals surface area contributed by atoms with E-state index in [2.05, 4.69) is 0 Å². The van der Waals surface area contributed by atoms with Crippen LogP contribution in [-0.4, -0.2) is 10.9 Å². The number of allylic oxidation sites excluding steroid dienone is 1. The lowest BCUT2D eigenvalue weighted by molar-refractivity contribution is 0.104. The Balaban J connectivity index is 2.19. The highest BCUT2D eigenvalue weighted by Gasteiger charge is 2.02. The maximum Gasteiger partial charge on any atom is 0.185 e. The van der Waals surface area contributed by atoms with Crippen molar-refractivity contribution >= 4 is 11.9 Å². The predicted octanol–water partition coefficient (Wildman–Crippen LogP) is 3.16. The standard InChI is InChI=1S/C16H11NO2/c17-11-13-4-1-5-14(9-13)16(19)8-7-12-3-2-6-15(18)10-12/h1-10,18H/b8-7-. The van der Waals surface area contributed by atoms with Gasteiger partial charge >= 0.3 is 0 Å². The normalized spacial score (nSPS) is 10.3. The third-order valence-electron chi connectivity index (χ3n) is 2.57. The van der Waals surface area contributed by atoms with Crippen LogP contribution in [-0.2, 0) is 0 Å². The first-order chi connectivity index (χ1) is 9.19. The Hall–Kier alpha value is -2.86. The Bertz CT molecular complexity index is 681. The van der Waals surface area contributed by atoms with Gasteiger partial charge in [-0.2, -0.15) is 5.26 Å². The fourth-order valence-corrected chi connectivity index (χ4v) is 1.64. The Morgan fingerprint density at radius 3 is 2.68 bits per heavy atom. The number of carbonyl (C=O) groups excluding carboxylic acids is 1. The van der Waals surface area contributed by atoms with E-state index in [0.717, 1.165) is 5.56 Å². The quantitative estimate of drug-likeness (QED) is 0.671. The molecule has 0 aromatic heterocycles. The van der Waals surface area contributed by atoms with E-state index in [0.29, 0.717) is 11.1 Å². The molecule has 0 aliphatic carbocycles. The number of nitriles is 1. The molecule has 0 aliphatic heterocycles. The molecule has 92 valence electrons. The summed E-state index contributed by atoms with van der Waals surface area (Å²) in [5, 5.41) is 18.1. The van der Waals surface area contributed by atoms with Crippen molar-refractivity contribution in [2.45, 2.75) is 0 Å². The van der Waals surface area contributed by atoms with E-state index in [1.165, 1.54) is 6.08 Å². The average molecular weight is 249 g/mol. The molecule has 0 atom stereocenters. The van der Waals surface area contributed by atoms with Crippen molar-refractivity contribution in [1.29, 1.82) is 5.26 Å². The first kappa shape index (κ1) is 12.6. The topological polar surface area (TPSA) is 61.1 Å². The van der Waals surface area contributed by atoms with Crippen LogP contribution in [0.2, 0.25) is 0 Å². The third-order valence-corrected chi connectivity index (χ3v) is 2.57. The molecule has 0 radical (unpaired) electrons. The van der Waals surface area contributed by atoms with Gasteiger partial charge in [-0.25, -0.2) is 0 Å². The van der Waals surface area contributed by atoms with Crippen molar-refractivity contribution in [3.05, 3.63) is 71.3 Å². The van der Waals surface area contributed by atoms with Gasteiger partial charge in [-0.15, -0.1) is 0 Å². The summed E-state index contributed by atoms with van der Waals surface area (Å²) in [4.78, 5) is 11.9. The number of rotatable bonds is 3. The smallest absolute Gasteiger partial charge is 0.185 e. The van der Waals surface area contributed by atoms with Crippen LogP contribution in [0, 0.1) is 11.3 Å². The van der Waals surface area contributed by atoms with Crippen molar-refractivity contribution in [1.82, 2.24) is 0 Å². The molecular formula is C16H11NO2. The van der Waals surface area contributed by atoms with Gasteiger partial charge < -0.3 is 5.11 Å². The van der Waals surface area contributed by atoms with Crippen molar-refractivity contribution < 1.29 is 9.90 Å². The minimum absolute atomic E-state index is 0.154. The second kappa shape index (κ2) is 5.65. The zero-order valence-electron chi connectivity index (χ0n) is 10.1.